The predicted octanol–water partition coefficient (Wildman–Crippen LogP) is 3.46. The van der Waals surface area contributed by atoms with E-state index in [1.54, 1.807) is 6.07 Å². The van der Waals surface area contributed by atoms with Crippen molar-refractivity contribution in [3.63, 3.8) is 0 Å². The van der Waals surface area contributed by atoms with Crippen LogP contribution in [0.2, 0.25) is 5.02 Å². The summed E-state index contributed by atoms with van der Waals surface area (Å²) in [5.41, 5.74) is -1.33. The summed E-state index contributed by atoms with van der Waals surface area (Å²) in [6.45, 7) is 1.49. The molecule has 0 amide bonds. The third-order valence-corrected chi connectivity index (χ3v) is 3.96. The van der Waals surface area contributed by atoms with E-state index in [0.29, 0.717) is 4.47 Å². The second-order valence-electron chi connectivity index (χ2n) is 4.10. The van der Waals surface area contributed by atoms with Gasteiger partial charge < -0.3 is 14.6 Å². The Morgan fingerprint density at radius 3 is 2.50 bits per heavy atom. The molecule has 0 bridgehead atoms. The van der Waals surface area contributed by atoms with E-state index >= 15 is 0 Å². The van der Waals surface area contributed by atoms with E-state index in [9.17, 15) is 9.50 Å². The molecule has 1 unspecified atom stereocenters. The molecule has 0 spiro atoms. The Balaban J connectivity index is 3.08. The maximum Gasteiger partial charge on any atom is 0.159 e. The summed E-state index contributed by atoms with van der Waals surface area (Å²) >= 11 is 8.92. The molecule has 0 aliphatic carbocycles. The molecule has 1 N–H and O–H groups in total. The van der Waals surface area contributed by atoms with Gasteiger partial charge >= 0.3 is 0 Å². The van der Waals surface area contributed by atoms with E-state index in [0.717, 1.165) is 0 Å². The number of hydrogen-bond donors (Lipinski definition) is 1. The lowest BCUT2D eigenvalue weighted by Crippen LogP contribution is -2.30. The van der Waals surface area contributed by atoms with Crippen molar-refractivity contribution < 1.29 is 19.0 Å². The number of benzene rings is 1. The van der Waals surface area contributed by atoms with Crippen molar-refractivity contribution in [3.05, 3.63) is 33.0 Å². The third kappa shape index (κ3) is 3.42. The Hall–Kier alpha value is -0.200. The van der Waals surface area contributed by atoms with Gasteiger partial charge in [0.2, 0.25) is 0 Å². The molecule has 3 nitrogen and oxygen atoms in total. The first kappa shape index (κ1) is 15.9. The highest BCUT2D eigenvalue weighted by molar-refractivity contribution is 9.10. The zero-order valence-electron chi connectivity index (χ0n) is 10.3. The molecular formula is C12H15BrClFO3. The van der Waals surface area contributed by atoms with Crippen LogP contribution in [0.25, 0.3) is 0 Å². The van der Waals surface area contributed by atoms with Gasteiger partial charge in [-0.3, -0.25) is 0 Å². The second kappa shape index (κ2) is 6.30. The summed E-state index contributed by atoms with van der Waals surface area (Å²) in [4.78, 5) is 0. The zero-order valence-corrected chi connectivity index (χ0v) is 12.7. The summed E-state index contributed by atoms with van der Waals surface area (Å²) in [5, 5.41) is 10.3. The van der Waals surface area contributed by atoms with Crippen molar-refractivity contribution in [2.24, 2.45) is 0 Å². The van der Waals surface area contributed by atoms with Crippen molar-refractivity contribution in [2.45, 2.75) is 25.2 Å². The number of rotatable bonds is 5. The minimum absolute atomic E-state index is 0.0563. The fourth-order valence-corrected chi connectivity index (χ4v) is 2.11. The number of halogens is 3. The highest BCUT2D eigenvalue weighted by atomic mass is 79.9. The quantitative estimate of drug-likeness (QED) is 0.658. The third-order valence-electron chi connectivity index (χ3n) is 2.71. The monoisotopic (exact) mass is 340 g/mol. The molecule has 6 heteroatoms. The van der Waals surface area contributed by atoms with Crippen molar-refractivity contribution >= 4 is 27.5 Å². The molecule has 0 saturated carbocycles. The largest absolute Gasteiger partial charge is 0.385 e. The van der Waals surface area contributed by atoms with Gasteiger partial charge in [-0.15, -0.1) is 0 Å². The lowest BCUT2D eigenvalue weighted by atomic mass is 9.92. The van der Waals surface area contributed by atoms with Gasteiger partial charge in [0, 0.05) is 30.7 Å². The zero-order chi connectivity index (χ0) is 13.9. The van der Waals surface area contributed by atoms with Gasteiger partial charge in [-0.2, -0.15) is 0 Å². The smallest absolute Gasteiger partial charge is 0.159 e. The van der Waals surface area contributed by atoms with Crippen LogP contribution in [0.5, 0.6) is 0 Å². The van der Waals surface area contributed by atoms with Gasteiger partial charge in [0.05, 0.1) is 10.6 Å². The SMILES string of the molecule is COC(CC(C)(O)c1ccc(Br)c(Cl)c1F)OC. The maximum atomic E-state index is 14.0. The van der Waals surface area contributed by atoms with E-state index in [-0.39, 0.29) is 17.0 Å². The average molecular weight is 342 g/mol. The van der Waals surface area contributed by atoms with Crippen LogP contribution in [0.1, 0.15) is 18.9 Å². The number of methoxy groups -OCH3 is 2. The fourth-order valence-electron chi connectivity index (χ4n) is 1.64. The maximum absolute atomic E-state index is 14.0. The van der Waals surface area contributed by atoms with Gasteiger partial charge in [-0.1, -0.05) is 17.7 Å². The van der Waals surface area contributed by atoms with E-state index in [2.05, 4.69) is 15.9 Å². The van der Waals surface area contributed by atoms with Crippen LogP contribution >= 0.6 is 27.5 Å². The molecule has 0 aliphatic heterocycles. The Morgan fingerprint density at radius 2 is 2.00 bits per heavy atom. The fraction of sp³-hybridized carbons (Fsp3) is 0.500. The topological polar surface area (TPSA) is 38.7 Å². The second-order valence-corrected chi connectivity index (χ2v) is 5.33. The first-order valence-electron chi connectivity index (χ1n) is 5.25. The standard InChI is InChI=1S/C12H15BrClFO3/c1-12(16,6-9(17-2)18-3)7-4-5-8(13)10(14)11(7)15/h4-5,9,16H,6H2,1-3H3. The van der Waals surface area contributed by atoms with E-state index in [1.165, 1.54) is 27.2 Å². The molecule has 1 aromatic carbocycles. The molecule has 102 valence electrons. The highest BCUT2D eigenvalue weighted by Crippen LogP contribution is 2.35. The minimum Gasteiger partial charge on any atom is -0.385 e. The first-order valence-corrected chi connectivity index (χ1v) is 6.42. The van der Waals surface area contributed by atoms with Crippen LogP contribution in [-0.2, 0) is 15.1 Å². The molecule has 0 radical (unpaired) electrons. The van der Waals surface area contributed by atoms with Gasteiger partial charge in [-0.25, -0.2) is 4.39 Å². The first-order chi connectivity index (χ1) is 8.33. The molecule has 18 heavy (non-hydrogen) atoms. The molecule has 0 saturated heterocycles. The summed E-state index contributed by atoms with van der Waals surface area (Å²) in [6, 6.07) is 3.07. The molecule has 1 aromatic rings. The molecule has 0 aliphatic rings. The van der Waals surface area contributed by atoms with Gasteiger partial charge in [-0.05, 0) is 28.9 Å². The summed E-state index contributed by atoms with van der Waals surface area (Å²) < 4.78 is 24.5. The molecule has 1 rings (SSSR count). The minimum atomic E-state index is -1.44. The molecule has 0 fully saturated rings. The summed E-state index contributed by atoms with van der Waals surface area (Å²) in [7, 11) is 2.91. The van der Waals surface area contributed by atoms with Gasteiger partial charge in [0.25, 0.3) is 0 Å². The Morgan fingerprint density at radius 1 is 1.44 bits per heavy atom. The average Bonchev–Trinajstić information content (AvgIpc) is 2.32. The van der Waals surface area contributed by atoms with Crippen molar-refractivity contribution in [1.29, 1.82) is 0 Å². The Kier molecular flexibility index (Phi) is 5.55. The van der Waals surface area contributed by atoms with Crippen molar-refractivity contribution in [1.82, 2.24) is 0 Å². The Labute approximate surface area is 119 Å². The Bertz CT molecular complexity index is 422. The summed E-state index contributed by atoms with van der Waals surface area (Å²) in [5.74, 6) is -0.651. The molecule has 0 aromatic heterocycles. The molecular weight excluding hydrogens is 326 g/mol. The van der Waals surface area contributed by atoms with Crippen LogP contribution in [0, 0.1) is 5.82 Å². The number of aliphatic hydroxyl groups is 1. The van der Waals surface area contributed by atoms with E-state index in [1.807, 2.05) is 0 Å². The van der Waals surface area contributed by atoms with Crippen LogP contribution in [-0.4, -0.2) is 25.6 Å². The van der Waals surface area contributed by atoms with Crippen LogP contribution in [0.3, 0.4) is 0 Å². The predicted molar refractivity (Wildman–Crippen MR) is 71.1 cm³/mol. The molecule has 1 atom stereocenters. The van der Waals surface area contributed by atoms with Gasteiger partial charge in [0.1, 0.15) is 5.82 Å². The van der Waals surface area contributed by atoms with Crippen LogP contribution < -0.4 is 0 Å². The summed E-state index contributed by atoms with van der Waals surface area (Å²) in [6.07, 6.45) is -0.531. The van der Waals surface area contributed by atoms with Gasteiger partial charge in [0.15, 0.2) is 6.29 Å². The highest BCUT2D eigenvalue weighted by Gasteiger charge is 2.31. The van der Waals surface area contributed by atoms with Crippen LogP contribution in [0.15, 0.2) is 16.6 Å². The van der Waals surface area contributed by atoms with E-state index < -0.39 is 17.7 Å². The molecule has 0 heterocycles. The lowest BCUT2D eigenvalue weighted by molar-refractivity contribution is -0.142. The normalized spacial score (nSPS) is 14.9. The lowest BCUT2D eigenvalue weighted by Gasteiger charge is -2.28. The van der Waals surface area contributed by atoms with E-state index in [4.69, 9.17) is 21.1 Å². The van der Waals surface area contributed by atoms with Crippen molar-refractivity contribution in [2.75, 3.05) is 14.2 Å². The van der Waals surface area contributed by atoms with Crippen molar-refractivity contribution in [3.8, 4) is 0 Å². The van der Waals surface area contributed by atoms with Crippen LogP contribution in [0.4, 0.5) is 4.39 Å². The number of hydrogen-bond acceptors (Lipinski definition) is 3. The number of ether oxygens (including phenoxy) is 2.